The van der Waals surface area contributed by atoms with Gasteiger partial charge in [0, 0.05) is 51.1 Å². The van der Waals surface area contributed by atoms with Gasteiger partial charge in [0.1, 0.15) is 0 Å². The van der Waals surface area contributed by atoms with Gasteiger partial charge in [-0.15, -0.1) is 5.10 Å². The molecular weight excluding hydrogens is 308 g/mol. The second-order valence-corrected chi connectivity index (χ2v) is 6.79. The molecule has 24 heavy (non-hydrogen) atoms. The third-order valence-corrected chi connectivity index (χ3v) is 5.00. The van der Waals surface area contributed by atoms with Crippen LogP contribution in [0.3, 0.4) is 0 Å². The number of hydrogen-bond acceptors (Lipinski definition) is 6. The average Bonchev–Trinajstić information content (AvgIpc) is 3.03. The van der Waals surface area contributed by atoms with Crippen molar-refractivity contribution in [1.29, 1.82) is 0 Å². The summed E-state index contributed by atoms with van der Waals surface area (Å²) in [5.41, 5.74) is 6.24. The first kappa shape index (κ1) is 17.3. The number of nitrogens with two attached hydrogens (primary N) is 1. The third-order valence-electron chi connectivity index (χ3n) is 5.00. The van der Waals surface area contributed by atoms with Crippen molar-refractivity contribution in [3.05, 3.63) is 12.4 Å². The van der Waals surface area contributed by atoms with Crippen molar-refractivity contribution in [2.75, 3.05) is 32.8 Å². The number of nitrogens with one attached hydrogen (secondary N) is 1. The minimum Gasteiger partial charge on any atom is -0.381 e. The summed E-state index contributed by atoms with van der Waals surface area (Å²) in [6.07, 6.45) is 7.27. The Morgan fingerprint density at radius 1 is 1.25 bits per heavy atom. The highest BCUT2D eigenvalue weighted by atomic mass is 16.5. The van der Waals surface area contributed by atoms with Crippen molar-refractivity contribution < 1.29 is 9.53 Å². The van der Waals surface area contributed by atoms with Gasteiger partial charge in [0.25, 0.3) is 0 Å². The number of aromatic nitrogens is 3. The van der Waals surface area contributed by atoms with Crippen LogP contribution in [0.15, 0.2) is 12.4 Å². The molecule has 2 fully saturated rings. The molecule has 134 valence electrons. The second-order valence-electron chi connectivity index (χ2n) is 6.79. The molecule has 1 aromatic heterocycles. The van der Waals surface area contributed by atoms with Crippen LogP contribution in [0.2, 0.25) is 0 Å². The van der Waals surface area contributed by atoms with Crippen molar-refractivity contribution in [2.45, 2.75) is 44.3 Å². The molecule has 8 nitrogen and oxygen atoms in total. The first-order chi connectivity index (χ1) is 11.7. The molecule has 0 unspecified atom stereocenters. The van der Waals surface area contributed by atoms with Gasteiger partial charge in [0.2, 0.25) is 5.91 Å². The maximum atomic E-state index is 12.6. The van der Waals surface area contributed by atoms with Gasteiger partial charge in [-0.3, -0.25) is 14.4 Å². The number of nitrogens with zero attached hydrogens (tertiary/aromatic N) is 4. The summed E-state index contributed by atoms with van der Waals surface area (Å²) >= 11 is 0. The Morgan fingerprint density at radius 2 is 2.08 bits per heavy atom. The minimum absolute atomic E-state index is 0.0112. The van der Waals surface area contributed by atoms with Crippen LogP contribution < -0.4 is 11.1 Å². The Kier molecular flexibility index (Phi) is 6.17. The number of amides is 1. The number of hydrogen-bond donors (Lipinski definition) is 2. The Labute approximate surface area is 142 Å². The van der Waals surface area contributed by atoms with Gasteiger partial charge in [0.15, 0.2) is 0 Å². The first-order valence-corrected chi connectivity index (χ1v) is 8.91. The molecule has 0 spiro atoms. The van der Waals surface area contributed by atoms with E-state index in [2.05, 4.69) is 20.5 Å². The summed E-state index contributed by atoms with van der Waals surface area (Å²) in [7, 11) is 0. The van der Waals surface area contributed by atoms with E-state index in [-0.39, 0.29) is 17.9 Å². The number of ether oxygens (including phenoxy) is 1. The molecule has 1 aromatic rings. The van der Waals surface area contributed by atoms with Crippen molar-refractivity contribution in [3.8, 4) is 0 Å². The molecule has 3 N–H and O–H groups in total. The molecule has 0 saturated carbocycles. The normalized spacial score (nSPS) is 26.9. The summed E-state index contributed by atoms with van der Waals surface area (Å²) in [5.74, 6) is 0.137. The molecule has 3 rings (SSSR count). The lowest BCUT2D eigenvalue weighted by molar-refractivity contribution is -0.126. The summed E-state index contributed by atoms with van der Waals surface area (Å²) < 4.78 is 7.18. The molecule has 0 aliphatic carbocycles. The molecule has 2 aliphatic heterocycles. The predicted octanol–water partition coefficient (Wildman–Crippen LogP) is -0.387. The van der Waals surface area contributed by atoms with Crippen molar-refractivity contribution in [1.82, 2.24) is 25.2 Å². The lowest BCUT2D eigenvalue weighted by Crippen LogP contribution is -2.47. The summed E-state index contributed by atoms with van der Waals surface area (Å²) in [6.45, 7) is 4.51. The van der Waals surface area contributed by atoms with Gasteiger partial charge in [0.05, 0.1) is 18.7 Å². The van der Waals surface area contributed by atoms with Gasteiger partial charge in [-0.2, -0.15) is 0 Å². The highest BCUT2D eigenvalue weighted by Crippen LogP contribution is 2.22. The fraction of sp³-hybridized carbons (Fsp3) is 0.812. The second kappa shape index (κ2) is 8.55. The topological polar surface area (TPSA) is 98.3 Å². The van der Waals surface area contributed by atoms with Gasteiger partial charge in [-0.25, -0.2) is 0 Å². The average molecular weight is 336 g/mol. The van der Waals surface area contributed by atoms with Crippen LogP contribution in [-0.2, 0) is 16.1 Å². The van der Waals surface area contributed by atoms with E-state index in [1.807, 2.05) is 0 Å². The van der Waals surface area contributed by atoms with Gasteiger partial charge in [-0.05, 0) is 25.7 Å². The third kappa shape index (κ3) is 4.75. The molecule has 0 radical (unpaired) electrons. The van der Waals surface area contributed by atoms with E-state index in [0.29, 0.717) is 19.1 Å². The van der Waals surface area contributed by atoms with E-state index in [1.165, 1.54) is 0 Å². The fourth-order valence-corrected chi connectivity index (χ4v) is 3.61. The molecule has 2 atom stereocenters. The minimum atomic E-state index is 0.0112. The van der Waals surface area contributed by atoms with Crippen molar-refractivity contribution in [3.63, 3.8) is 0 Å². The zero-order chi connectivity index (χ0) is 16.8. The van der Waals surface area contributed by atoms with Gasteiger partial charge >= 0.3 is 0 Å². The Morgan fingerprint density at radius 3 is 2.83 bits per heavy atom. The van der Waals surface area contributed by atoms with Crippen LogP contribution in [-0.4, -0.2) is 70.7 Å². The van der Waals surface area contributed by atoms with E-state index < -0.39 is 0 Å². The maximum Gasteiger partial charge on any atom is 0.224 e. The van der Waals surface area contributed by atoms with Crippen LogP contribution >= 0.6 is 0 Å². The quantitative estimate of drug-likeness (QED) is 0.760. The van der Waals surface area contributed by atoms with Gasteiger partial charge < -0.3 is 15.8 Å². The number of rotatable bonds is 5. The Hall–Kier alpha value is -1.51. The SMILES string of the molecule is N[C@H]1CC[C@@H](C(=O)NCCn2ccnn2)CN(C2CCOCC2)C1. The summed E-state index contributed by atoms with van der Waals surface area (Å²) in [4.78, 5) is 15.0. The highest BCUT2D eigenvalue weighted by molar-refractivity contribution is 5.78. The molecular formula is C16H28N6O2. The zero-order valence-electron chi connectivity index (χ0n) is 14.1. The smallest absolute Gasteiger partial charge is 0.224 e. The zero-order valence-corrected chi connectivity index (χ0v) is 14.1. The van der Waals surface area contributed by atoms with Crippen LogP contribution in [0.25, 0.3) is 0 Å². The van der Waals surface area contributed by atoms with Crippen molar-refractivity contribution in [2.24, 2.45) is 11.7 Å². The monoisotopic (exact) mass is 336 g/mol. The summed E-state index contributed by atoms with van der Waals surface area (Å²) in [5, 5.41) is 10.7. The van der Waals surface area contributed by atoms with Crippen LogP contribution in [0.5, 0.6) is 0 Å². The molecule has 0 bridgehead atoms. The lowest BCUT2D eigenvalue weighted by atomic mass is 10.0. The predicted molar refractivity (Wildman–Crippen MR) is 89.1 cm³/mol. The number of carbonyl (C=O) groups is 1. The van der Waals surface area contributed by atoms with Crippen molar-refractivity contribution >= 4 is 5.91 Å². The molecule has 3 heterocycles. The molecule has 1 amide bonds. The van der Waals surface area contributed by atoms with Gasteiger partial charge in [-0.1, -0.05) is 5.21 Å². The summed E-state index contributed by atoms with van der Waals surface area (Å²) in [6, 6.07) is 0.647. The number of likely N-dealkylation sites (tertiary alicyclic amines) is 1. The molecule has 2 aliphatic rings. The maximum absolute atomic E-state index is 12.6. The first-order valence-electron chi connectivity index (χ1n) is 8.91. The highest BCUT2D eigenvalue weighted by Gasteiger charge is 2.31. The van der Waals surface area contributed by atoms with E-state index in [0.717, 1.165) is 52.0 Å². The van der Waals surface area contributed by atoms with E-state index in [9.17, 15) is 4.79 Å². The number of carbonyl (C=O) groups excluding carboxylic acids is 1. The van der Waals surface area contributed by atoms with Crippen LogP contribution in [0.1, 0.15) is 25.7 Å². The Bertz CT molecular complexity index is 503. The molecule has 8 heteroatoms. The largest absolute Gasteiger partial charge is 0.381 e. The van der Waals surface area contributed by atoms with E-state index >= 15 is 0 Å². The lowest BCUT2D eigenvalue weighted by Gasteiger charge is -2.35. The molecule has 0 aromatic carbocycles. The van der Waals surface area contributed by atoms with Crippen LogP contribution in [0.4, 0.5) is 0 Å². The standard InChI is InChI=1S/C16H28N6O2/c17-14-2-1-13(11-21(12-14)15-3-9-24-10-4-15)16(23)18-5-7-22-8-6-19-20-22/h6,8,13-15H,1-5,7,9-12,17H2,(H,18,23)/t13-,14+/m1/s1. The molecule has 2 saturated heterocycles. The van der Waals surface area contributed by atoms with E-state index in [4.69, 9.17) is 10.5 Å². The Balaban J connectivity index is 1.51. The van der Waals surface area contributed by atoms with Crippen LogP contribution in [0, 0.1) is 5.92 Å². The fourth-order valence-electron chi connectivity index (χ4n) is 3.61. The van der Waals surface area contributed by atoms with E-state index in [1.54, 1.807) is 17.1 Å².